The van der Waals surface area contributed by atoms with E-state index in [2.05, 4.69) is 20.9 Å². The molecule has 2 aromatic rings. The smallest absolute Gasteiger partial charge is 0.208 e. The predicted molar refractivity (Wildman–Crippen MR) is 111 cm³/mol. The highest BCUT2D eigenvalue weighted by molar-refractivity contribution is 7.58. The highest BCUT2D eigenvalue weighted by Gasteiger charge is 2.76. The molecule has 3 fully saturated rings. The van der Waals surface area contributed by atoms with Crippen LogP contribution in [0, 0.1) is 23.7 Å². The molecule has 1 saturated heterocycles. The lowest BCUT2D eigenvalue weighted by Crippen LogP contribution is -2.33. The molecule has 160 valence electrons. The average Bonchev–Trinajstić information content (AvgIpc) is 2.93. The second-order valence-corrected chi connectivity index (χ2v) is 11.6. The minimum atomic E-state index is -2.76. The van der Waals surface area contributed by atoms with Crippen LogP contribution in [0.1, 0.15) is 39.1 Å². The van der Waals surface area contributed by atoms with Gasteiger partial charge in [-0.3, -0.25) is 4.57 Å². The Morgan fingerprint density at radius 1 is 1.43 bits per heavy atom. The summed E-state index contributed by atoms with van der Waals surface area (Å²) in [4.78, 5) is 13.0. The molecule has 2 N–H and O–H groups in total. The van der Waals surface area contributed by atoms with Crippen molar-refractivity contribution in [1.29, 1.82) is 0 Å². The van der Waals surface area contributed by atoms with Gasteiger partial charge in [-0.15, -0.1) is 6.42 Å². The van der Waals surface area contributed by atoms with E-state index in [0.29, 0.717) is 23.9 Å². The maximum atomic E-state index is 13.1. The Labute approximate surface area is 175 Å². The van der Waals surface area contributed by atoms with E-state index in [0.717, 1.165) is 6.42 Å². The molecule has 0 amide bonds. The molecule has 2 saturated carbocycles. The third-order valence-electron chi connectivity index (χ3n) is 6.51. The zero-order valence-corrected chi connectivity index (χ0v) is 18.4. The van der Waals surface area contributed by atoms with Crippen molar-refractivity contribution in [3.63, 3.8) is 0 Å². The molecular formula is C20H26N5O4P. The third-order valence-corrected chi connectivity index (χ3v) is 8.47. The first-order valence-electron chi connectivity index (χ1n) is 10.1. The number of imidazole rings is 1. The number of nitrogens with two attached hydrogens (primary N) is 1. The number of terminal acetylenes is 1. The molecule has 3 aliphatic rings. The first-order valence-corrected chi connectivity index (χ1v) is 12.4. The van der Waals surface area contributed by atoms with E-state index in [9.17, 15) is 4.57 Å². The highest BCUT2D eigenvalue weighted by atomic mass is 31.2. The fraction of sp³-hybridized carbons (Fsp3) is 0.650. The van der Waals surface area contributed by atoms with Crippen molar-refractivity contribution in [2.45, 2.75) is 51.2 Å². The van der Waals surface area contributed by atoms with E-state index >= 15 is 0 Å². The molecule has 9 nitrogen and oxygen atoms in total. The molecule has 2 aromatic heterocycles. The van der Waals surface area contributed by atoms with E-state index in [1.807, 2.05) is 25.3 Å². The van der Waals surface area contributed by atoms with E-state index in [1.54, 1.807) is 13.0 Å². The van der Waals surface area contributed by atoms with Crippen molar-refractivity contribution in [2.75, 3.05) is 25.2 Å². The maximum Gasteiger partial charge on any atom is 0.208 e. The topological polar surface area (TPSA) is 114 Å². The van der Waals surface area contributed by atoms with Crippen molar-refractivity contribution >= 4 is 24.4 Å². The van der Waals surface area contributed by atoms with Crippen LogP contribution < -0.4 is 5.73 Å². The highest BCUT2D eigenvalue weighted by Crippen LogP contribution is 2.75. The Morgan fingerprint density at radius 2 is 2.20 bits per heavy atom. The Balaban J connectivity index is 1.59. The molecule has 0 aromatic carbocycles. The number of hydrogen-bond donors (Lipinski definition) is 1. The fourth-order valence-corrected chi connectivity index (χ4v) is 7.80. The van der Waals surface area contributed by atoms with Crippen LogP contribution in [0.15, 0.2) is 6.33 Å². The van der Waals surface area contributed by atoms with Crippen molar-refractivity contribution in [2.24, 2.45) is 11.3 Å². The van der Waals surface area contributed by atoms with Gasteiger partial charge in [0.2, 0.25) is 13.2 Å². The number of nitrogens with zero attached hydrogens (tertiary/aromatic N) is 4. The molecular weight excluding hydrogens is 405 g/mol. The Kier molecular flexibility index (Phi) is 4.17. The molecule has 0 spiro atoms. The molecule has 0 radical (unpaired) electrons. The van der Waals surface area contributed by atoms with E-state index in [1.165, 1.54) is 0 Å². The van der Waals surface area contributed by atoms with Crippen LogP contribution in [-0.4, -0.2) is 56.9 Å². The molecule has 1 aliphatic heterocycles. The van der Waals surface area contributed by atoms with Gasteiger partial charge in [-0.05, 0) is 39.0 Å². The molecule has 30 heavy (non-hydrogen) atoms. The SMILES string of the molecule is C#Cc1nc(N)c2ncn([C@H]3C4OC(C)(C)OC4[C@@]4(CP(C)(=O)OCC)C[C@H]34)c2n1. The predicted octanol–water partition coefficient (Wildman–Crippen LogP) is 2.42. The van der Waals surface area contributed by atoms with Gasteiger partial charge in [0.05, 0.1) is 25.1 Å². The van der Waals surface area contributed by atoms with Crippen LogP contribution in [0.4, 0.5) is 5.82 Å². The van der Waals surface area contributed by atoms with Crippen molar-refractivity contribution < 1.29 is 18.6 Å². The lowest BCUT2D eigenvalue weighted by atomic mass is 10.0. The monoisotopic (exact) mass is 431 g/mol. The van der Waals surface area contributed by atoms with Crippen LogP contribution in [0.5, 0.6) is 0 Å². The van der Waals surface area contributed by atoms with Gasteiger partial charge < -0.3 is 24.3 Å². The zero-order chi connectivity index (χ0) is 21.5. The van der Waals surface area contributed by atoms with Crippen molar-refractivity contribution in [3.05, 3.63) is 12.2 Å². The average molecular weight is 431 g/mol. The first-order chi connectivity index (χ1) is 14.1. The minimum absolute atomic E-state index is 0.0803. The van der Waals surface area contributed by atoms with Gasteiger partial charge in [-0.2, -0.15) is 0 Å². The zero-order valence-electron chi connectivity index (χ0n) is 17.5. The summed E-state index contributed by atoms with van der Waals surface area (Å²) in [5, 5.41) is 0. The normalized spacial score (nSPS) is 35.6. The molecule has 0 bridgehead atoms. The number of rotatable bonds is 5. The van der Waals surface area contributed by atoms with Crippen LogP contribution in [-0.2, 0) is 18.6 Å². The molecule has 5 rings (SSSR count). The fourth-order valence-electron chi connectivity index (χ4n) is 5.55. The van der Waals surface area contributed by atoms with Crippen molar-refractivity contribution in [1.82, 2.24) is 19.5 Å². The largest absolute Gasteiger partial charge is 0.382 e. The summed E-state index contributed by atoms with van der Waals surface area (Å²) in [7, 11) is -2.76. The second-order valence-electron chi connectivity index (χ2n) is 9.05. The number of hydrogen-bond acceptors (Lipinski definition) is 8. The van der Waals surface area contributed by atoms with E-state index < -0.39 is 13.2 Å². The summed E-state index contributed by atoms with van der Waals surface area (Å²) >= 11 is 0. The van der Waals surface area contributed by atoms with Crippen LogP contribution in [0.3, 0.4) is 0 Å². The van der Waals surface area contributed by atoms with Gasteiger partial charge in [0, 0.05) is 18.2 Å². The van der Waals surface area contributed by atoms with Gasteiger partial charge in [-0.25, -0.2) is 15.0 Å². The maximum absolute atomic E-state index is 13.1. The quantitative estimate of drug-likeness (QED) is 0.567. The summed E-state index contributed by atoms with van der Waals surface area (Å²) in [5.41, 5.74) is 6.89. The number of ether oxygens (including phenoxy) is 2. The Hall–Kier alpha value is -1.98. The minimum Gasteiger partial charge on any atom is -0.382 e. The van der Waals surface area contributed by atoms with Gasteiger partial charge in [0.1, 0.15) is 11.6 Å². The van der Waals surface area contributed by atoms with E-state index in [-0.39, 0.29) is 41.2 Å². The Bertz CT molecular complexity index is 1120. The standard InChI is InChI=1S/C20H26N5O4P/c1-6-12-23-17(21)13-18(24-12)25(10-22-13)14-11-8-20(11,9-30(5,26)27-7-2)16-15(14)28-19(3,4)29-16/h1,10-11,14-16H,7-9H2,2-5H3,(H2,21,23,24)/t11-,14-,15?,16?,20-,30?/m1/s1. The number of nitrogen functional groups attached to an aromatic ring is 1. The van der Waals surface area contributed by atoms with Crippen LogP contribution in [0.25, 0.3) is 11.2 Å². The molecule has 2 aliphatic carbocycles. The molecule has 6 atom stereocenters. The van der Waals surface area contributed by atoms with Crippen molar-refractivity contribution in [3.8, 4) is 12.3 Å². The van der Waals surface area contributed by atoms with E-state index in [4.69, 9.17) is 26.2 Å². The first kappa shape index (κ1) is 20.0. The number of aromatic nitrogens is 4. The number of fused-ring (bicyclic) bond motifs is 4. The Morgan fingerprint density at radius 3 is 2.90 bits per heavy atom. The van der Waals surface area contributed by atoms with Gasteiger partial charge in [-0.1, -0.05) is 0 Å². The van der Waals surface area contributed by atoms with Gasteiger partial charge in [0.25, 0.3) is 0 Å². The number of anilines is 1. The second kappa shape index (κ2) is 6.27. The van der Waals surface area contributed by atoms with Crippen LogP contribution >= 0.6 is 7.37 Å². The van der Waals surface area contributed by atoms with Gasteiger partial charge >= 0.3 is 0 Å². The molecule has 3 heterocycles. The summed E-state index contributed by atoms with van der Waals surface area (Å²) in [5.74, 6) is 2.40. The third kappa shape index (κ3) is 2.82. The van der Waals surface area contributed by atoms with Crippen LogP contribution in [0.2, 0.25) is 0 Å². The molecule has 3 unspecified atom stereocenters. The molecule has 10 heteroatoms. The summed E-state index contributed by atoms with van der Waals surface area (Å²) in [6.07, 6.45) is 8.17. The summed E-state index contributed by atoms with van der Waals surface area (Å²) in [6, 6.07) is -0.0803. The summed E-state index contributed by atoms with van der Waals surface area (Å²) in [6.45, 7) is 7.81. The lowest BCUT2D eigenvalue weighted by Gasteiger charge is -2.25. The van der Waals surface area contributed by atoms with Gasteiger partial charge in [0.15, 0.2) is 17.3 Å². The summed E-state index contributed by atoms with van der Waals surface area (Å²) < 4.78 is 33.3. The lowest BCUT2D eigenvalue weighted by molar-refractivity contribution is -0.160.